The third kappa shape index (κ3) is 1.66. The van der Waals surface area contributed by atoms with Crippen molar-refractivity contribution in [1.29, 1.82) is 0 Å². The van der Waals surface area contributed by atoms with Crippen molar-refractivity contribution in [2.45, 2.75) is 18.4 Å². The summed E-state index contributed by atoms with van der Waals surface area (Å²) in [4.78, 5) is 0. The number of halogens is 3. The maximum absolute atomic E-state index is 9.84. The Morgan fingerprint density at radius 2 is 1.54 bits per heavy atom. The minimum atomic E-state index is -0.807. The Morgan fingerprint density at radius 3 is 1.92 bits per heavy atom. The molecule has 0 heterocycles. The summed E-state index contributed by atoms with van der Waals surface area (Å²) >= 11 is 17.6. The summed E-state index contributed by atoms with van der Waals surface area (Å²) in [5.74, 6) is 0. The predicted molar refractivity (Wildman–Crippen MR) is 54.6 cm³/mol. The minimum absolute atomic E-state index is 0.442. The quantitative estimate of drug-likeness (QED) is 0.791. The Kier molecular flexibility index (Phi) is 2.23. The zero-order valence-electron chi connectivity index (χ0n) is 6.65. The second kappa shape index (κ2) is 3.03. The van der Waals surface area contributed by atoms with E-state index in [1.54, 1.807) is 12.1 Å². The zero-order chi connectivity index (χ0) is 9.64. The summed E-state index contributed by atoms with van der Waals surface area (Å²) in [5.41, 5.74) is -0.195. The number of benzene rings is 1. The van der Waals surface area contributed by atoms with Gasteiger partial charge in [0.15, 0.2) is 0 Å². The fourth-order valence-electron chi connectivity index (χ4n) is 1.36. The van der Waals surface area contributed by atoms with Crippen LogP contribution < -0.4 is 0 Å². The normalized spacial score (nSPS) is 18.8. The molecule has 1 aliphatic carbocycles. The van der Waals surface area contributed by atoms with Gasteiger partial charge in [-0.1, -0.05) is 34.8 Å². The molecule has 1 N–H and O–H groups in total. The minimum Gasteiger partial charge on any atom is -0.385 e. The fourth-order valence-corrected chi connectivity index (χ4v) is 2.52. The maximum Gasteiger partial charge on any atom is 0.0927 e. The van der Waals surface area contributed by atoms with Crippen molar-refractivity contribution < 1.29 is 5.11 Å². The summed E-state index contributed by atoms with van der Waals surface area (Å²) in [6.45, 7) is 0. The van der Waals surface area contributed by atoms with Crippen molar-refractivity contribution in [2.75, 3.05) is 0 Å². The zero-order valence-corrected chi connectivity index (χ0v) is 8.92. The molecule has 2 rings (SSSR count). The molecule has 1 aromatic rings. The molecule has 0 aliphatic heterocycles. The first-order chi connectivity index (χ1) is 6.03. The number of aliphatic hydroxyl groups is 1. The molecule has 0 atom stereocenters. The first-order valence-corrected chi connectivity index (χ1v) is 5.04. The largest absolute Gasteiger partial charge is 0.385 e. The van der Waals surface area contributed by atoms with E-state index < -0.39 is 5.60 Å². The van der Waals surface area contributed by atoms with Gasteiger partial charge in [-0.25, -0.2) is 0 Å². The van der Waals surface area contributed by atoms with E-state index in [1.807, 2.05) is 0 Å². The summed E-state index contributed by atoms with van der Waals surface area (Å²) in [6.07, 6.45) is 1.43. The van der Waals surface area contributed by atoms with Gasteiger partial charge in [0.05, 0.1) is 5.60 Å². The van der Waals surface area contributed by atoms with E-state index in [2.05, 4.69) is 0 Å². The third-order valence-electron chi connectivity index (χ3n) is 2.20. The van der Waals surface area contributed by atoms with Crippen LogP contribution in [0.3, 0.4) is 0 Å². The number of rotatable bonds is 1. The molecule has 0 aromatic heterocycles. The summed E-state index contributed by atoms with van der Waals surface area (Å²) in [5, 5.41) is 11.2. The van der Waals surface area contributed by atoms with Crippen LogP contribution in [-0.4, -0.2) is 5.11 Å². The highest BCUT2D eigenvalue weighted by Crippen LogP contribution is 2.51. The van der Waals surface area contributed by atoms with Crippen LogP contribution in [0.5, 0.6) is 0 Å². The van der Waals surface area contributed by atoms with Crippen LogP contribution in [0.4, 0.5) is 0 Å². The van der Waals surface area contributed by atoms with Crippen molar-refractivity contribution in [1.82, 2.24) is 0 Å². The molecule has 70 valence electrons. The molecule has 1 aliphatic rings. The van der Waals surface area contributed by atoms with E-state index in [4.69, 9.17) is 34.8 Å². The average molecular weight is 238 g/mol. The molecular formula is C9H7Cl3O. The van der Waals surface area contributed by atoms with Crippen molar-refractivity contribution >= 4 is 34.8 Å². The van der Waals surface area contributed by atoms with Gasteiger partial charge in [-0.2, -0.15) is 0 Å². The highest BCUT2D eigenvalue weighted by molar-refractivity contribution is 6.39. The fraction of sp³-hybridized carbons (Fsp3) is 0.333. The van der Waals surface area contributed by atoms with Gasteiger partial charge in [-0.3, -0.25) is 0 Å². The van der Waals surface area contributed by atoms with E-state index in [-0.39, 0.29) is 0 Å². The second-order valence-electron chi connectivity index (χ2n) is 3.28. The molecule has 0 saturated heterocycles. The van der Waals surface area contributed by atoms with E-state index in [0.29, 0.717) is 33.5 Å². The smallest absolute Gasteiger partial charge is 0.0927 e. The molecule has 1 fully saturated rings. The standard InChI is InChI=1S/C9H7Cl3O/c10-5-3-6(11)8(7(12)4-5)9(13)1-2-9/h3-4,13H,1-2H2. The van der Waals surface area contributed by atoms with Gasteiger partial charge in [0, 0.05) is 20.6 Å². The van der Waals surface area contributed by atoms with Gasteiger partial charge >= 0.3 is 0 Å². The SMILES string of the molecule is OC1(c2c(Cl)cc(Cl)cc2Cl)CC1. The highest BCUT2D eigenvalue weighted by atomic mass is 35.5. The van der Waals surface area contributed by atoms with E-state index in [1.165, 1.54) is 0 Å². The molecule has 0 radical (unpaired) electrons. The predicted octanol–water partition coefficient (Wildman–Crippen LogP) is 3.63. The van der Waals surface area contributed by atoms with Gasteiger partial charge in [-0.15, -0.1) is 0 Å². The molecule has 4 heteroatoms. The Morgan fingerprint density at radius 1 is 1.08 bits per heavy atom. The first kappa shape index (κ1) is 9.60. The van der Waals surface area contributed by atoms with Gasteiger partial charge < -0.3 is 5.11 Å². The van der Waals surface area contributed by atoms with Crippen LogP contribution in [0.15, 0.2) is 12.1 Å². The molecule has 1 nitrogen and oxygen atoms in total. The second-order valence-corrected chi connectivity index (χ2v) is 4.53. The summed E-state index contributed by atoms with van der Waals surface area (Å²) in [7, 11) is 0. The molecule has 13 heavy (non-hydrogen) atoms. The lowest BCUT2D eigenvalue weighted by Crippen LogP contribution is -2.05. The third-order valence-corrected chi connectivity index (χ3v) is 3.01. The molecule has 0 spiro atoms. The van der Waals surface area contributed by atoms with Crippen LogP contribution in [0.2, 0.25) is 15.1 Å². The topological polar surface area (TPSA) is 20.2 Å². The van der Waals surface area contributed by atoms with Crippen LogP contribution in [-0.2, 0) is 5.60 Å². The Bertz CT molecular complexity index is 335. The van der Waals surface area contributed by atoms with E-state index in [9.17, 15) is 5.11 Å². The lowest BCUT2D eigenvalue weighted by molar-refractivity contribution is 0.152. The molecule has 1 aromatic carbocycles. The van der Waals surface area contributed by atoms with Gasteiger partial charge in [-0.05, 0) is 25.0 Å². The molecule has 1 saturated carbocycles. The van der Waals surface area contributed by atoms with Crippen molar-refractivity contribution in [2.24, 2.45) is 0 Å². The molecule has 0 bridgehead atoms. The van der Waals surface area contributed by atoms with Gasteiger partial charge in [0.1, 0.15) is 0 Å². The van der Waals surface area contributed by atoms with E-state index >= 15 is 0 Å². The molecule has 0 unspecified atom stereocenters. The first-order valence-electron chi connectivity index (χ1n) is 3.90. The van der Waals surface area contributed by atoms with Gasteiger partial charge in [0.2, 0.25) is 0 Å². The molecule has 0 amide bonds. The Hall–Kier alpha value is 0.0500. The maximum atomic E-state index is 9.84. The average Bonchev–Trinajstić information content (AvgIpc) is 2.65. The monoisotopic (exact) mass is 236 g/mol. The lowest BCUT2D eigenvalue weighted by atomic mass is 10.1. The van der Waals surface area contributed by atoms with Gasteiger partial charge in [0.25, 0.3) is 0 Å². The lowest BCUT2D eigenvalue weighted by Gasteiger charge is -2.12. The number of hydrogen-bond acceptors (Lipinski definition) is 1. The van der Waals surface area contributed by atoms with E-state index in [0.717, 1.165) is 0 Å². The van der Waals surface area contributed by atoms with Crippen LogP contribution in [0, 0.1) is 0 Å². The van der Waals surface area contributed by atoms with Crippen molar-refractivity contribution in [3.63, 3.8) is 0 Å². The summed E-state index contributed by atoms with van der Waals surface area (Å²) in [6, 6.07) is 3.20. The van der Waals surface area contributed by atoms with Crippen molar-refractivity contribution in [3.8, 4) is 0 Å². The van der Waals surface area contributed by atoms with Crippen LogP contribution in [0.1, 0.15) is 18.4 Å². The molecular weight excluding hydrogens is 230 g/mol. The van der Waals surface area contributed by atoms with Crippen molar-refractivity contribution in [3.05, 3.63) is 32.8 Å². The van der Waals surface area contributed by atoms with Crippen LogP contribution in [0.25, 0.3) is 0 Å². The Labute approximate surface area is 91.2 Å². The summed E-state index contributed by atoms with van der Waals surface area (Å²) < 4.78 is 0. The van der Waals surface area contributed by atoms with Crippen LogP contribution >= 0.6 is 34.8 Å². The number of hydrogen-bond donors (Lipinski definition) is 1. The highest BCUT2D eigenvalue weighted by Gasteiger charge is 2.45. The Balaban J connectivity index is 2.57.